The van der Waals surface area contributed by atoms with Crippen LogP contribution in [-0.2, 0) is 10.1 Å². The lowest BCUT2D eigenvalue weighted by atomic mass is 10.3. The molecule has 0 aliphatic heterocycles. The second-order valence-corrected chi connectivity index (χ2v) is 4.92. The number of hydrogen-bond acceptors (Lipinski definition) is 3. The van der Waals surface area contributed by atoms with Gasteiger partial charge in [0, 0.05) is 16.9 Å². The molecule has 4 nitrogen and oxygen atoms in total. The summed E-state index contributed by atoms with van der Waals surface area (Å²) in [5.74, 6) is -6.81. The molecule has 0 spiro atoms. The third-order valence-electron chi connectivity index (χ3n) is 1.91. The molecule has 0 aliphatic rings. The Hall–Kier alpha value is -1.59. The van der Waals surface area contributed by atoms with E-state index in [1.54, 1.807) is 0 Å². The number of hydrogen-bond donors (Lipinski definition) is 0. The van der Waals surface area contributed by atoms with Crippen molar-refractivity contribution in [3.05, 3.63) is 30.6 Å². The highest BCUT2D eigenvalue weighted by Gasteiger charge is 2.81. The minimum atomic E-state index is -6.81. The smallest absolute Gasteiger partial charge is 0.188 e. The van der Waals surface area contributed by atoms with Crippen molar-refractivity contribution in [2.24, 2.45) is 0 Å². The molecule has 0 N–H and O–H groups in total. The Labute approximate surface area is 107 Å². The summed E-state index contributed by atoms with van der Waals surface area (Å²) in [6.45, 7) is 0. The van der Waals surface area contributed by atoms with Crippen molar-refractivity contribution < 1.29 is 48.2 Å². The van der Waals surface area contributed by atoms with Crippen LogP contribution < -0.4 is 9.01 Å². The Morgan fingerprint density at radius 1 is 0.850 bits per heavy atom. The van der Waals surface area contributed by atoms with Gasteiger partial charge in [-0.15, -0.1) is 4.28 Å². The Morgan fingerprint density at radius 2 is 1.30 bits per heavy atom. The Bertz CT molecular complexity index is 569. The molecule has 20 heavy (non-hydrogen) atoms. The summed E-state index contributed by atoms with van der Waals surface area (Å²) in [5, 5.41) is -6.50. The first kappa shape index (κ1) is 16.5. The maximum atomic E-state index is 13.0. The average molecular weight is 328 g/mol. The Balaban J connectivity index is 3.20. The first-order valence-electron chi connectivity index (χ1n) is 4.56. The lowest BCUT2D eigenvalue weighted by Gasteiger charge is -2.25. The van der Waals surface area contributed by atoms with Gasteiger partial charge in [-0.1, -0.05) is 6.07 Å². The molecule has 12 heteroatoms. The highest BCUT2D eigenvalue weighted by molar-refractivity contribution is 7.87. The molecule has 0 amide bonds. The summed E-state index contributed by atoms with van der Waals surface area (Å²) >= 11 is 0. The summed E-state index contributed by atoms with van der Waals surface area (Å²) < 4.78 is 112. The van der Waals surface area contributed by atoms with Crippen LogP contribution in [0, 0.1) is 0 Å². The number of rotatable bonds is 4. The van der Waals surface area contributed by atoms with Crippen LogP contribution >= 0.6 is 0 Å². The Morgan fingerprint density at radius 3 is 1.70 bits per heavy atom. The molecule has 0 unspecified atom stereocenters. The number of pyridine rings is 1. The Kier molecular flexibility index (Phi) is 3.91. The van der Waals surface area contributed by atoms with E-state index in [1.165, 1.54) is 6.07 Å². The van der Waals surface area contributed by atoms with Gasteiger partial charge >= 0.3 is 27.5 Å². The normalized spacial score (nSPS) is 14.2. The zero-order valence-electron chi connectivity index (χ0n) is 9.11. The highest BCUT2D eigenvalue weighted by atomic mass is 32.2. The molecule has 0 atom stereocenters. The minimum Gasteiger partial charge on any atom is -0.188 e. The molecule has 1 heterocycles. The maximum Gasteiger partial charge on any atom is 0.461 e. The van der Waals surface area contributed by atoms with Crippen LogP contribution in [0.15, 0.2) is 30.6 Å². The molecule has 1 aromatic heterocycles. The van der Waals surface area contributed by atoms with Crippen LogP contribution in [0.25, 0.3) is 0 Å². The van der Waals surface area contributed by atoms with E-state index < -0.39 is 27.5 Å². The van der Waals surface area contributed by atoms with Crippen LogP contribution in [0.3, 0.4) is 0 Å². The number of nitrogens with zero attached hydrogens (tertiary/aromatic N) is 1. The SMILES string of the molecule is O=S(=O)(O[n+]1ccccc1)C(F)(F)C(F)(F)C(F)(F)F. The van der Waals surface area contributed by atoms with Gasteiger partial charge in [-0.2, -0.15) is 39.2 Å². The lowest BCUT2D eigenvalue weighted by molar-refractivity contribution is -0.857. The van der Waals surface area contributed by atoms with E-state index in [9.17, 15) is 39.2 Å². The van der Waals surface area contributed by atoms with Crippen molar-refractivity contribution in [2.45, 2.75) is 17.4 Å². The van der Waals surface area contributed by atoms with E-state index in [1.807, 2.05) is 0 Å². The molecule has 114 valence electrons. The van der Waals surface area contributed by atoms with Gasteiger partial charge in [-0.25, -0.2) is 0 Å². The van der Waals surface area contributed by atoms with Gasteiger partial charge in [0.1, 0.15) is 0 Å². The largest absolute Gasteiger partial charge is 0.461 e. The zero-order valence-corrected chi connectivity index (χ0v) is 9.93. The molecule has 0 bridgehead atoms. The standard InChI is InChI=1S/C8H5F7NO3S/c9-6(10,7(11,12)13)8(14,15)20(17,18)19-16-4-2-1-3-5-16/h1-5H/q+1. The summed E-state index contributed by atoms with van der Waals surface area (Å²) in [4.78, 5) is 0. The van der Waals surface area contributed by atoms with Crippen molar-refractivity contribution in [1.82, 2.24) is 0 Å². The van der Waals surface area contributed by atoms with Gasteiger partial charge in [0.25, 0.3) is 0 Å². The van der Waals surface area contributed by atoms with Crippen LogP contribution in [0.5, 0.6) is 0 Å². The predicted octanol–water partition coefficient (Wildman–Crippen LogP) is 1.52. The molecule has 0 aliphatic carbocycles. The van der Waals surface area contributed by atoms with E-state index in [4.69, 9.17) is 0 Å². The molecular formula is C8H5F7NO3S+. The fraction of sp³-hybridized carbons (Fsp3) is 0.375. The first-order chi connectivity index (χ1) is 8.83. The van der Waals surface area contributed by atoms with E-state index in [0.29, 0.717) is 12.4 Å². The molecule has 0 saturated heterocycles. The molecule has 0 radical (unpaired) electrons. The van der Waals surface area contributed by atoms with Gasteiger partial charge in [0.15, 0.2) is 0 Å². The molecule has 0 saturated carbocycles. The predicted molar refractivity (Wildman–Crippen MR) is 48.1 cm³/mol. The van der Waals surface area contributed by atoms with Gasteiger partial charge < -0.3 is 0 Å². The number of aromatic nitrogens is 1. The monoisotopic (exact) mass is 328 g/mol. The minimum absolute atomic E-state index is 0.0374. The third kappa shape index (κ3) is 2.64. The fourth-order valence-electron chi connectivity index (χ4n) is 0.915. The number of halogens is 7. The van der Waals surface area contributed by atoms with Gasteiger partial charge in [0.05, 0.1) is 0 Å². The van der Waals surface area contributed by atoms with Gasteiger partial charge in [-0.3, -0.25) is 0 Å². The van der Waals surface area contributed by atoms with E-state index in [-0.39, 0.29) is 4.73 Å². The van der Waals surface area contributed by atoms with E-state index in [0.717, 1.165) is 12.1 Å². The summed E-state index contributed by atoms with van der Waals surface area (Å²) in [6, 6.07) is 3.42. The topological polar surface area (TPSA) is 47.3 Å². The summed E-state index contributed by atoms with van der Waals surface area (Å²) in [6.07, 6.45) is -5.35. The van der Waals surface area contributed by atoms with Crippen molar-refractivity contribution in [1.29, 1.82) is 0 Å². The second kappa shape index (κ2) is 4.75. The molecule has 1 rings (SSSR count). The van der Waals surface area contributed by atoms with E-state index in [2.05, 4.69) is 4.28 Å². The van der Waals surface area contributed by atoms with Gasteiger partial charge in [-0.05, 0) is 0 Å². The van der Waals surface area contributed by atoms with Gasteiger partial charge in [0.2, 0.25) is 12.4 Å². The highest BCUT2D eigenvalue weighted by Crippen LogP contribution is 2.48. The van der Waals surface area contributed by atoms with Crippen LogP contribution in [0.2, 0.25) is 0 Å². The zero-order chi connectivity index (χ0) is 15.8. The third-order valence-corrected chi connectivity index (χ3v) is 3.16. The van der Waals surface area contributed by atoms with Crippen molar-refractivity contribution in [3.63, 3.8) is 0 Å². The molecular weight excluding hydrogens is 323 g/mol. The van der Waals surface area contributed by atoms with Crippen LogP contribution in [0.1, 0.15) is 0 Å². The van der Waals surface area contributed by atoms with Crippen molar-refractivity contribution in [2.75, 3.05) is 0 Å². The quantitative estimate of drug-likeness (QED) is 0.622. The fourth-order valence-corrected chi connectivity index (χ4v) is 1.76. The van der Waals surface area contributed by atoms with E-state index >= 15 is 0 Å². The van der Waals surface area contributed by atoms with Crippen molar-refractivity contribution in [3.8, 4) is 0 Å². The average Bonchev–Trinajstić information content (AvgIpc) is 2.27. The van der Waals surface area contributed by atoms with Crippen LogP contribution in [-0.4, -0.2) is 25.8 Å². The second-order valence-electron chi connectivity index (χ2n) is 3.35. The maximum absolute atomic E-state index is 13.0. The van der Waals surface area contributed by atoms with Crippen molar-refractivity contribution >= 4 is 10.1 Å². The first-order valence-corrected chi connectivity index (χ1v) is 5.97. The molecule has 0 aromatic carbocycles. The summed E-state index contributed by atoms with van der Waals surface area (Å²) in [7, 11) is -6.59. The van der Waals surface area contributed by atoms with Crippen LogP contribution in [0.4, 0.5) is 30.7 Å². The molecule has 1 aromatic rings. The summed E-state index contributed by atoms with van der Waals surface area (Å²) in [5.41, 5.74) is 0. The molecule has 0 fully saturated rings. The lowest BCUT2D eigenvalue weighted by Crippen LogP contribution is -2.61. The number of alkyl halides is 7.